The maximum Gasteiger partial charge on any atom is 0.261 e. The van der Waals surface area contributed by atoms with Gasteiger partial charge in [0.25, 0.3) is 8.32 Å². The largest absolute Gasteiger partial charge is 0.406 e. The normalized spacial score (nSPS) is 14.6. The molecule has 6 heteroatoms. The Kier molecular flexibility index (Phi) is 10.4. The van der Waals surface area contributed by atoms with Gasteiger partial charge in [-0.05, 0) is 60.3 Å². The Labute approximate surface area is 238 Å². The first-order valence-electron chi connectivity index (χ1n) is 13.5. The van der Waals surface area contributed by atoms with Crippen LogP contribution >= 0.6 is 0 Å². The van der Waals surface area contributed by atoms with Crippen molar-refractivity contribution in [1.82, 2.24) is 4.72 Å². The number of nitrogens with one attached hydrogen (secondary N) is 1. The van der Waals surface area contributed by atoms with E-state index in [9.17, 15) is 9.00 Å². The Morgan fingerprint density at radius 3 is 1.74 bits per heavy atom. The SMILES string of the molecule is C/C(=C\c1ccccc1)C(=O)C[C@H](CO[Si](c1ccccc1)(c1ccccc1)C(C)(C)C)NS(=O)C(C)(C)C. The van der Waals surface area contributed by atoms with E-state index in [-0.39, 0.29) is 23.8 Å². The van der Waals surface area contributed by atoms with E-state index in [2.05, 4.69) is 74.0 Å². The Morgan fingerprint density at radius 1 is 0.846 bits per heavy atom. The van der Waals surface area contributed by atoms with Crippen LogP contribution in [0.15, 0.2) is 96.6 Å². The van der Waals surface area contributed by atoms with Gasteiger partial charge in [0.1, 0.15) is 0 Å². The van der Waals surface area contributed by atoms with Crippen molar-refractivity contribution in [3.05, 3.63) is 102 Å². The summed E-state index contributed by atoms with van der Waals surface area (Å²) >= 11 is 0. The molecule has 1 unspecified atom stereocenters. The molecule has 3 aromatic carbocycles. The van der Waals surface area contributed by atoms with Crippen LogP contribution in [0.4, 0.5) is 0 Å². The van der Waals surface area contributed by atoms with Crippen molar-refractivity contribution in [2.75, 3.05) is 6.61 Å². The van der Waals surface area contributed by atoms with Crippen LogP contribution < -0.4 is 15.1 Å². The molecule has 0 bridgehead atoms. The quantitative estimate of drug-likeness (QED) is 0.229. The molecule has 3 aromatic rings. The van der Waals surface area contributed by atoms with Crippen LogP contribution in [-0.2, 0) is 20.2 Å². The molecular weight excluding hydrogens is 519 g/mol. The Bertz CT molecular complexity index is 1220. The monoisotopic (exact) mass is 561 g/mol. The molecule has 39 heavy (non-hydrogen) atoms. The minimum Gasteiger partial charge on any atom is -0.406 e. The zero-order chi connectivity index (χ0) is 28.7. The number of Topliss-reactive ketones (excluding diaryl/α,β-unsaturated/α-hetero) is 1. The second-order valence-electron chi connectivity index (χ2n) is 12.0. The molecule has 0 amide bonds. The fourth-order valence-electron chi connectivity index (χ4n) is 4.71. The number of hydrogen-bond acceptors (Lipinski definition) is 3. The van der Waals surface area contributed by atoms with Crippen LogP contribution in [0.1, 0.15) is 60.5 Å². The van der Waals surface area contributed by atoms with Gasteiger partial charge < -0.3 is 4.43 Å². The number of allylic oxidation sites excluding steroid dienone is 1. The first-order valence-corrected chi connectivity index (χ1v) is 16.6. The van der Waals surface area contributed by atoms with E-state index in [4.69, 9.17) is 4.43 Å². The summed E-state index contributed by atoms with van der Waals surface area (Å²) in [6, 6.07) is 30.3. The molecule has 0 spiro atoms. The van der Waals surface area contributed by atoms with Crippen molar-refractivity contribution >= 4 is 41.5 Å². The molecule has 0 aliphatic rings. The molecule has 0 saturated carbocycles. The van der Waals surface area contributed by atoms with Gasteiger partial charge >= 0.3 is 0 Å². The molecule has 4 nitrogen and oxygen atoms in total. The van der Waals surface area contributed by atoms with Gasteiger partial charge in [-0.1, -0.05) is 112 Å². The molecule has 3 rings (SSSR count). The Balaban J connectivity index is 1.98. The van der Waals surface area contributed by atoms with Crippen LogP contribution in [0, 0.1) is 0 Å². The predicted molar refractivity (Wildman–Crippen MR) is 168 cm³/mol. The van der Waals surface area contributed by atoms with Gasteiger partial charge in [0.15, 0.2) is 5.78 Å². The molecule has 1 N–H and O–H groups in total. The number of rotatable bonds is 11. The van der Waals surface area contributed by atoms with Crippen LogP contribution in [0.5, 0.6) is 0 Å². The number of carbonyl (C=O) groups is 1. The van der Waals surface area contributed by atoms with E-state index in [1.165, 1.54) is 10.4 Å². The number of hydrogen-bond donors (Lipinski definition) is 1. The molecule has 0 saturated heterocycles. The lowest BCUT2D eigenvalue weighted by Gasteiger charge is -2.43. The molecule has 0 aliphatic carbocycles. The third kappa shape index (κ3) is 7.95. The summed E-state index contributed by atoms with van der Waals surface area (Å²) in [5, 5.41) is 2.15. The number of carbonyl (C=O) groups excluding carboxylic acids is 1. The number of benzene rings is 3. The smallest absolute Gasteiger partial charge is 0.261 e. The summed E-state index contributed by atoms with van der Waals surface area (Å²) in [7, 11) is -4.17. The van der Waals surface area contributed by atoms with Crippen molar-refractivity contribution in [2.24, 2.45) is 0 Å². The van der Waals surface area contributed by atoms with Crippen LogP contribution in [0.25, 0.3) is 6.08 Å². The van der Waals surface area contributed by atoms with E-state index in [0.29, 0.717) is 5.57 Å². The zero-order valence-corrected chi connectivity index (χ0v) is 26.2. The molecule has 2 atom stereocenters. The first kappa shape index (κ1) is 30.9. The topological polar surface area (TPSA) is 55.4 Å². The maximum atomic E-state index is 13.4. The Hall–Kier alpha value is -2.64. The van der Waals surface area contributed by atoms with Crippen molar-refractivity contribution in [2.45, 2.75) is 70.7 Å². The second-order valence-corrected chi connectivity index (χ2v) is 18.3. The zero-order valence-electron chi connectivity index (χ0n) is 24.4. The average molecular weight is 562 g/mol. The highest BCUT2D eigenvalue weighted by Gasteiger charge is 2.50. The summed E-state index contributed by atoms with van der Waals surface area (Å²) in [6.07, 6.45) is 2.10. The molecule has 0 radical (unpaired) electrons. The Morgan fingerprint density at radius 2 is 1.31 bits per heavy atom. The summed E-state index contributed by atoms with van der Waals surface area (Å²) in [6.45, 7) is 14.6. The first-order chi connectivity index (χ1) is 18.3. The summed E-state index contributed by atoms with van der Waals surface area (Å²) in [5.74, 6) is 0.00769. The van der Waals surface area contributed by atoms with Crippen LogP contribution in [0.2, 0.25) is 5.04 Å². The molecule has 208 valence electrons. The van der Waals surface area contributed by atoms with Crippen LogP contribution in [0.3, 0.4) is 0 Å². The molecule has 0 fully saturated rings. The minimum atomic E-state index is -2.81. The lowest BCUT2D eigenvalue weighted by atomic mass is 10.0. The molecule has 0 aliphatic heterocycles. The summed E-state index contributed by atoms with van der Waals surface area (Å²) < 4.78 is 23.1. The third-order valence-corrected chi connectivity index (χ3v) is 13.5. The van der Waals surface area contributed by atoms with Crippen molar-refractivity contribution in [3.63, 3.8) is 0 Å². The van der Waals surface area contributed by atoms with Gasteiger partial charge in [-0.3, -0.25) is 4.79 Å². The average Bonchev–Trinajstić information content (AvgIpc) is 2.89. The lowest BCUT2D eigenvalue weighted by molar-refractivity contribution is -0.116. The van der Waals surface area contributed by atoms with E-state index in [1.807, 2.05) is 76.2 Å². The van der Waals surface area contributed by atoms with E-state index in [1.54, 1.807) is 0 Å². The van der Waals surface area contributed by atoms with Crippen molar-refractivity contribution in [1.29, 1.82) is 0 Å². The third-order valence-electron chi connectivity index (χ3n) is 6.80. The van der Waals surface area contributed by atoms with Gasteiger partial charge in [0.05, 0.1) is 22.3 Å². The van der Waals surface area contributed by atoms with E-state index < -0.39 is 30.1 Å². The number of ketones is 1. The van der Waals surface area contributed by atoms with Crippen LogP contribution in [-0.4, -0.2) is 35.7 Å². The van der Waals surface area contributed by atoms with Gasteiger partial charge in [-0.15, -0.1) is 0 Å². The fraction of sp³-hybridized carbons (Fsp3) is 0.364. The molecule has 0 aromatic heterocycles. The lowest BCUT2D eigenvalue weighted by Crippen LogP contribution is -2.67. The van der Waals surface area contributed by atoms with Crippen molar-refractivity contribution < 1.29 is 13.4 Å². The highest BCUT2D eigenvalue weighted by atomic mass is 32.2. The van der Waals surface area contributed by atoms with Gasteiger partial charge in [-0.2, -0.15) is 0 Å². The standard InChI is InChI=1S/C33H43NO3SSi/c1-26(23-27-17-11-8-12-18-27)31(35)24-28(34-38(36)32(2,3)4)25-37-39(33(5,6)7,29-19-13-9-14-20-29)30-21-15-10-16-22-30/h8-23,28,34H,24-25H2,1-7H3/b26-23+/t28-,38?/m1/s1. The highest BCUT2D eigenvalue weighted by molar-refractivity contribution is 7.84. The minimum absolute atomic E-state index is 0.00769. The fourth-order valence-corrected chi connectivity index (χ4v) is 10.1. The summed E-state index contributed by atoms with van der Waals surface area (Å²) in [4.78, 5) is 13.4. The summed E-state index contributed by atoms with van der Waals surface area (Å²) in [5.41, 5.74) is 1.65. The predicted octanol–water partition coefficient (Wildman–Crippen LogP) is 6.05. The van der Waals surface area contributed by atoms with Gasteiger partial charge in [0.2, 0.25) is 0 Å². The van der Waals surface area contributed by atoms with E-state index >= 15 is 0 Å². The van der Waals surface area contributed by atoms with Crippen molar-refractivity contribution in [3.8, 4) is 0 Å². The highest BCUT2D eigenvalue weighted by Crippen LogP contribution is 2.37. The second kappa shape index (κ2) is 13.1. The van der Waals surface area contributed by atoms with E-state index in [0.717, 1.165) is 5.56 Å². The molecule has 0 heterocycles. The molecular formula is C33H43NO3SSi. The maximum absolute atomic E-state index is 13.4. The van der Waals surface area contributed by atoms with Gasteiger partial charge in [0, 0.05) is 12.5 Å². The van der Waals surface area contributed by atoms with Gasteiger partial charge in [-0.25, -0.2) is 8.93 Å².